The average Bonchev–Trinajstić information content (AvgIpc) is 2.71. The first-order valence-corrected chi connectivity index (χ1v) is 3.60. The van der Waals surface area contributed by atoms with Gasteiger partial charge in [-0.3, -0.25) is 4.40 Å². The van der Waals surface area contributed by atoms with Crippen LogP contribution in [0.4, 0.5) is 0 Å². The number of hydrogen-bond acceptors (Lipinski definition) is 3. The predicted octanol–water partition coefficient (Wildman–Crippen LogP) is 1.48. The smallest absolute Gasteiger partial charge is 0.243 e. The lowest BCUT2D eigenvalue weighted by atomic mass is 10.5. The van der Waals surface area contributed by atoms with Crippen molar-refractivity contribution in [3.05, 3.63) is 30.9 Å². The lowest BCUT2D eigenvalue weighted by Crippen LogP contribution is -1.85. The predicted molar refractivity (Wildman–Crippen MR) is 42.8 cm³/mol. The molecule has 0 fully saturated rings. The molecule has 0 aromatic carbocycles. The maximum Gasteiger partial charge on any atom is 0.243 e. The normalized spacial score (nSPS) is 11.3. The van der Waals surface area contributed by atoms with Crippen molar-refractivity contribution in [3.63, 3.8) is 0 Å². The molecule has 58 valence electrons. The summed E-state index contributed by atoms with van der Waals surface area (Å²) in [7, 11) is 0. The van der Waals surface area contributed by atoms with Crippen LogP contribution in [0.3, 0.4) is 0 Å². The van der Waals surface area contributed by atoms with E-state index in [2.05, 4.69) is 9.97 Å². The van der Waals surface area contributed by atoms with Crippen molar-refractivity contribution < 1.29 is 4.42 Å². The molecule has 4 nitrogen and oxygen atoms in total. The molecule has 4 heteroatoms. The zero-order valence-electron chi connectivity index (χ0n) is 6.14. The molecule has 0 atom stereocenters. The van der Waals surface area contributed by atoms with Crippen molar-refractivity contribution in [2.45, 2.75) is 0 Å². The Morgan fingerprint density at radius 3 is 3.33 bits per heavy atom. The van der Waals surface area contributed by atoms with Gasteiger partial charge in [-0.1, -0.05) is 0 Å². The minimum absolute atomic E-state index is 0.639. The molecule has 3 heterocycles. The Balaban J connectivity index is 2.71. The van der Waals surface area contributed by atoms with Crippen LogP contribution in [0.25, 0.3) is 16.9 Å². The molecule has 0 saturated heterocycles. The molecule has 3 aromatic rings. The van der Waals surface area contributed by atoms with Gasteiger partial charge >= 0.3 is 0 Å². The summed E-state index contributed by atoms with van der Waals surface area (Å²) in [5, 5.41) is 0. The standard InChI is InChI=1S/C8H5N3O/c1-4-12-8-6(1)11-3-2-9-7(11)5-10-8/h1-5H. The van der Waals surface area contributed by atoms with Gasteiger partial charge in [-0.05, 0) is 0 Å². The summed E-state index contributed by atoms with van der Waals surface area (Å²) < 4.78 is 7.07. The first-order chi connectivity index (χ1) is 5.95. The van der Waals surface area contributed by atoms with Crippen LogP contribution in [0.2, 0.25) is 0 Å². The van der Waals surface area contributed by atoms with Crippen LogP contribution in [0.1, 0.15) is 0 Å². The fraction of sp³-hybridized carbons (Fsp3) is 0. The van der Waals surface area contributed by atoms with Crippen LogP contribution in [-0.2, 0) is 0 Å². The topological polar surface area (TPSA) is 43.3 Å². The highest BCUT2D eigenvalue weighted by Gasteiger charge is 2.02. The Kier molecular flexibility index (Phi) is 0.889. The highest BCUT2D eigenvalue weighted by Crippen LogP contribution is 2.13. The molecule has 12 heavy (non-hydrogen) atoms. The van der Waals surface area contributed by atoms with Gasteiger partial charge in [-0.2, -0.15) is 0 Å². The number of furan rings is 1. The molecule has 0 amide bonds. The molecular weight excluding hydrogens is 154 g/mol. The summed E-state index contributed by atoms with van der Waals surface area (Å²) in [4.78, 5) is 8.20. The fourth-order valence-corrected chi connectivity index (χ4v) is 1.31. The van der Waals surface area contributed by atoms with Gasteiger partial charge < -0.3 is 4.42 Å². The van der Waals surface area contributed by atoms with Gasteiger partial charge in [-0.15, -0.1) is 0 Å². The third-order valence-electron chi connectivity index (χ3n) is 1.85. The number of hydrogen-bond donors (Lipinski definition) is 0. The number of fused-ring (bicyclic) bond motifs is 3. The van der Waals surface area contributed by atoms with Crippen molar-refractivity contribution in [1.29, 1.82) is 0 Å². The van der Waals surface area contributed by atoms with Crippen LogP contribution in [-0.4, -0.2) is 14.4 Å². The molecule has 0 spiro atoms. The number of rotatable bonds is 0. The highest BCUT2D eigenvalue weighted by molar-refractivity contribution is 5.71. The second kappa shape index (κ2) is 1.85. The van der Waals surface area contributed by atoms with E-state index < -0.39 is 0 Å². The summed E-state index contributed by atoms with van der Waals surface area (Å²) >= 11 is 0. The largest absolute Gasteiger partial charge is 0.445 e. The van der Waals surface area contributed by atoms with Gasteiger partial charge in [0.05, 0.1) is 12.5 Å². The lowest BCUT2D eigenvalue weighted by Gasteiger charge is -1.91. The van der Waals surface area contributed by atoms with E-state index in [4.69, 9.17) is 4.42 Å². The lowest BCUT2D eigenvalue weighted by molar-refractivity contribution is 0.602. The Morgan fingerprint density at radius 2 is 2.33 bits per heavy atom. The van der Waals surface area contributed by atoms with E-state index in [0.717, 1.165) is 11.2 Å². The molecule has 0 unspecified atom stereocenters. The van der Waals surface area contributed by atoms with Crippen molar-refractivity contribution in [1.82, 2.24) is 14.4 Å². The molecule has 0 bridgehead atoms. The summed E-state index contributed by atoms with van der Waals surface area (Å²) in [6.07, 6.45) is 6.93. The summed E-state index contributed by atoms with van der Waals surface area (Å²) in [5.74, 6) is 0. The molecule has 0 aliphatic heterocycles. The first-order valence-electron chi connectivity index (χ1n) is 3.60. The summed E-state index contributed by atoms with van der Waals surface area (Å²) in [6.45, 7) is 0. The van der Waals surface area contributed by atoms with Crippen molar-refractivity contribution in [3.8, 4) is 0 Å². The SMILES string of the molecule is c1cn2c(cnc3occc32)n1. The van der Waals surface area contributed by atoms with Crippen molar-refractivity contribution in [2.24, 2.45) is 0 Å². The minimum Gasteiger partial charge on any atom is -0.445 e. The van der Waals surface area contributed by atoms with E-state index in [1.54, 1.807) is 18.7 Å². The average molecular weight is 159 g/mol. The monoisotopic (exact) mass is 159 g/mol. The molecule has 3 aromatic heterocycles. The Morgan fingerprint density at radius 1 is 1.33 bits per heavy atom. The quantitative estimate of drug-likeness (QED) is 0.499. The Hall–Kier alpha value is -1.84. The second-order valence-corrected chi connectivity index (χ2v) is 2.52. The Bertz CT molecular complexity index is 487. The van der Waals surface area contributed by atoms with Crippen LogP contribution in [0.5, 0.6) is 0 Å². The minimum atomic E-state index is 0.639. The van der Waals surface area contributed by atoms with E-state index in [1.807, 2.05) is 16.7 Å². The molecular formula is C8H5N3O. The van der Waals surface area contributed by atoms with Crippen molar-refractivity contribution >= 4 is 16.9 Å². The van der Waals surface area contributed by atoms with Crippen LogP contribution in [0, 0.1) is 0 Å². The third kappa shape index (κ3) is 0.567. The second-order valence-electron chi connectivity index (χ2n) is 2.52. The fourth-order valence-electron chi connectivity index (χ4n) is 1.31. The van der Waals surface area contributed by atoms with E-state index in [0.29, 0.717) is 5.71 Å². The third-order valence-corrected chi connectivity index (χ3v) is 1.85. The van der Waals surface area contributed by atoms with Crippen LogP contribution < -0.4 is 0 Å². The zero-order chi connectivity index (χ0) is 7.97. The van der Waals surface area contributed by atoms with E-state index >= 15 is 0 Å². The summed E-state index contributed by atoms with van der Waals surface area (Å²) in [6, 6.07) is 1.87. The number of aromatic nitrogens is 3. The number of imidazole rings is 1. The van der Waals surface area contributed by atoms with Gasteiger partial charge in [0.15, 0.2) is 5.65 Å². The van der Waals surface area contributed by atoms with Gasteiger partial charge in [0.2, 0.25) is 5.71 Å². The Labute approximate surface area is 67.5 Å². The zero-order valence-corrected chi connectivity index (χ0v) is 6.14. The molecule has 3 rings (SSSR count). The van der Waals surface area contributed by atoms with E-state index in [9.17, 15) is 0 Å². The molecule has 0 saturated carbocycles. The van der Waals surface area contributed by atoms with Gasteiger partial charge in [0.1, 0.15) is 5.52 Å². The maximum absolute atomic E-state index is 5.14. The molecule has 0 aliphatic carbocycles. The number of nitrogens with zero attached hydrogens (tertiary/aromatic N) is 3. The first kappa shape index (κ1) is 5.77. The van der Waals surface area contributed by atoms with Crippen LogP contribution >= 0.6 is 0 Å². The molecule has 0 N–H and O–H groups in total. The van der Waals surface area contributed by atoms with Crippen molar-refractivity contribution in [2.75, 3.05) is 0 Å². The maximum atomic E-state index is 5.14. The van der Waals surface area contributed by atoms with E-state index in [-0.39, 0.29) is 0 Å². The van der Waals surface area contributed by atoms with Gasteiger partial charge in [-0.25, -0.2) is 9.97 Å². The molecule has 0 radical (unpaired) electrons. The van der Waals surface area contributed by atoms with Crippen LogP contribution in [0.15, 0.2) is 35.3 Å². The van der Waals surface area contributed by atoms with Gasteiger partial charge in [0.25, 0.3) is 0 Å². The summed E-state index contributed by atoms with van der Waals surface area (Å²) in [5.41, 5.74) is 2.43. The highest BCUT2D eigenvalue weighted by atomic mass is 16.3. The van der Waals surface area contributed by atoms with E-state index in [1.165, 1.54) is 0 Å². The molecule has 0 aliphatic rings. The van der Waals surface area contributed by atoms with Gasteiger partial charge in [0, 0.05) is 18.5 Å².